The number of pyridine rings is 1. The number of ether oxygens (including phenoxy) is 1. The Hall–Kier alpha value is -2.79. The van der Waals surface area contributed by atoms with Crippen molar-refractivity contribution < 1.29 is 13.9 Å². The van der Waals surface area contributed by atoms with Gasteiger partial charge in [0.25, 0.3) is 5.91 Å². The van der Waals surface area contributed by atoms with E-state index in [0.717, 1.165) is 11.3 Å². The highest BCUT2D eigenvalue weighted by atomic mass is 35.5. The maximum Gasteiger partial charge on any atom is 0.269 e. The third-order valence-corrected chi connectivity index (χ3v) is 4.52. The van der Waals surface area contributed by atoms with Crippen LogP contribution in [0.15, 0.2) is 59.1 Å². The molecule has 3 rings (SSSR count). The van der Waals surface area contributed by atoms with Gasteiger partial charge >= 0.3 is 0 Å². The van der Waals surface area contributed by atoms with E-state index in [4.69, 9.17) is 20.8 Å². The van der Waals surface area contributed by atoms with E-state index in [9.17, 15) is 4.79 Å². The second kappa shape index (κ2) is 8.27. The minimum absolute atomic E-state index is 0.213. The zero-order valence-electron chi connectivity index (χ0n) is 15.5. The fourth-order valence-corrected chi connectivity index (χ4v) is 2.79. The van der Waals surface area contributed by atoms with Gasteiger partial charge in [-0.25, -0.2) is 4.98 Å². The van der Waals surface area contributed by atoms with Gasteiger partial charge in [-0.1, -0.05) is 17.7 Å². The van der Waals surface area contributed by atoms with Gasteiger partial charge in [0.2, 0.25) is 0 Å². The molecule has 2 heterocycles. The van der Waals surface area contributed by atoms with Crippen LogP contribution in [0.3, 0.4) is 0 Å². The quantitative estimate of drug-likeness (QED) is 0.603. The van der Waals surface area contributed by atoms with E-state index >= 15 is 0 Å². The molecule has 0 saturated heterocycles. The summed E-state index contributed by atoms with van der Waals surface area (Å²) in [5.74, 6) is 2.39. The lowest BCUT2D eigenvalue weighted by Crippen LogP contribution is -2.40. The molecule has 0 N–H and O–H groups in total. The second-order valence-electron chi connectivity index (χ2n) is 6.30. The Morgan fingerprint density at radius 3 is 2.67 bits per heavy atom. The van der Waals surface area contributed by atoms with Gasteiger partial charge in [-0.2, -0.15) is 0 Å². The number of amides is 1. The average Bonchev–Trinajstić information content (AvgIpc) is 3.08. The molecule has 1 atom stereocenters. The van der Waals surface area contributed by atoms with Gasteiger partial charge in [-0.3, -0.25) is 9.69 Å². The van der Waals surface area contributed by atoms with Crippen LogP contribution < -0.4 is 9.64 Å². The van der Waals surface area contributed by atoms with Crippen molar-refractivity contribution in [2.45, 2.75) is 33.4 Å². The second-order valence-corrected chi connectivity index (χ2v) is 6.70. The lowest BCUT2D eigenvalue weighted by molar-refractivity contribution is -0.124. The standard InChI is InChI=1S/C21H21ClN2O3/c1-14-12-17(9-10-19(14)22)27-16(3)21(25)24(20-6-4-5-11-23-20)13-18-8-7-15(2)26-18/h4-12,16H,13H2,1-3H3/t16-/m1/s1. The number of aryl methyl sites for hydroxylation is 2. The van der Waals surface area contributed by atoms with Crippen LogP contribution in [0.1, 0.15) is 24.0 Å². The van der Waals surface area contributed by atoms with Gasteiger partial charge in [0.15, 0.2) is 6.10 Å². The molecule has 0 aliphatic rings. The molecule has 0 saturated carbocycles. The third-order valence-electron chi connectivity index (χ3n) is 4.09. The van der Waals surface area contributed by atoms with Gasteiger partial charge < -0.3 is 9.15 Å². The third kappa shape index (κ3) is 4.68. The van der Waals surface area contributed by atoms with E-state index in [-0.39, 0.29) is 12.5 Å². The summed E-state index contributed by atoms with van der Waals surface area (Å²) in [7, 11) is 0. The number of carbonyl (C=O) groups excluding carboxylic acids is 1. The first-order chi connectivity index (χ1) is 12.9. The maximum absolute atomic E-state index is 13.1. The van der Waals surface area contributed by atoms with Gasteiger partial charge in [-0.05, 0) is 68.8 Å². The van der Waals surface area contributed by atoms with Crippen LogP contribution >= 0.6 is 11.6 Å². The van der Waals surface area contributed by atoms with Crippen molar-refractivity contribution in [3.8, 4) is 5.75 Å². The summed E-state index contributed by atoms with van der Waals surface area (Å²) in [5, 5.41) is 0.657. The van der Waals surface area contributed by atoms with Crippen LogP contribution in [-0.4, -0.2) is 17.0 Å². The molecule has 0 spiro atoms. The summed E-state index contributed by atoms with van der Waals surface area (Å²) in [4.78, 5) is 19.0. The van der Waals surface area contributed by atoms with Gasteiger partial charge in [0.1, 0.15) is 23.1 Å². The Labute approximate surface area is 163 Å². The number of hydrogen-bond acceptors (Lipinski definition) is 4. The number of benzene rings is 1. The van der Waals surface area contributed by atoms with Crippen LogP contribution in [0.2, 0.25) is 5.02 Å². The zero-order chi connectivity index (χ0) is 19.4. The summed E-state index contributed by atoms with van der Waals surface area (Å²) < 4.78 is 11.5. The van der Waals surface area contributed by atoms with E-state index in [2.05, 4.69) is 4.98 Å². The summed E-state index contributed by atoms with van der Waals surface area (Å²) in [5.41, 5.74) is 0.890. The van der Waals surface area contributed by atoms with Crippen molar-refractivity contribution in [2.24, 2.45) is 0 Å². The van der Waals surface area contributed by atoms with Crippen molar-refractivity contribution in [3.63, 3.8) is 0 Å². The topological polar surface area (TPSA) is 55.6 Å². The zero-order valence-corrected chi connectivity index (χ0v) is 16.2. The van der Waals surface area contributed by atoms with E-state index in [1.807, 2.05) is 38.1 Å². The minimum atomic E-state index is -0.705. The van der Waals surface area contributed by atoms with E-state index in [1.165, 1.54) is 0 Å². The molecule has 3 aromatic rings. The molecular formula is C21H21ClN2O3. The molecule has 0 unspecified atom stereocenters. The molecule has 0 aliphatic carbocycles. The predicted octanol–water partition coefficient (Wildman–Crippen LogP) is 4.95. The summed E-state index contributed by atoms with van der Waals surface area (Å²) >= 11 is 6.05. The number of hydrogen-bond donors (Lipinski definition) is 0. The molecule has 0 aliphatic heterocycles. The van der Waals surface area contributed by atoms with Crippen molar-refractivity contribution in [1.82, 2.24) is 4.98 Å². The maximum atomic E-state index is 13.1. The Morgan fingerprint density at radius 2 is 2.04 bits per heavy atom. The number of aromatic nitrogens is 1. The highest BCUT2D eigenvalue weighted by Gasteiger charge is 2.25. The van der Waals surface area contributed by atoms with Crippen LogP contribution in [0, 0.1) is 13.8 Å². The molecule has 1 aromatic carbocycles. The predicted molar refractivity (Wildman–Crippen MR) is 105 cm³/mol. The number of furan rings is 1. The molecule has 27 heavy (non-hydrogen) atoms. The fourth-order valence-electron chi connectivity index (χ4n) is 2.68. The molecular weight excluding hydrogens is 364 g/mol. The van der Waals surface area contributed by atoms with Gasteiger partial charge in [0.05, 0.1) is 6.54 Å². The minimum Gasteiger partial charge on any atom is -0.481 e. The number of carbonyl (C=O) groups is 1. The van der Waals surface area contributed by atoms with Crippen molar-refractivity contribution in [3.05, 3.63) is 76.8 Å². The lowest BCUT2D eigenvalue weighted by Gasteiger charge is -2.24. The molecule has 0 fully saturated rings. The lowest BCUT2D eigenvalue weighted by atomic mass is 10.2. The normalized spacial score (nSPS) is 11.9. The molecule has 6 heteroatoms. The Bertz CT molecular complexity index is 924. The first-order valence-electron chi connectivity index (χ1n) is 8.64. The smallest absolute Gasteiger partial charge is 0.269 e. The van der Waals surface area contributed by atoms with Gasteiger partial charge in [-0.15, -0.1) is 0 Å². The molecule has 0 bridgehead atoms. The number of anilines is 1. The molecule has 5 nitrogen and oxygen atoms in total. The van der Waals surface area contributed by atoms with Crippen molar-refractivity contribution >= 4 is 23.3 Å². The largest absolute Gasteiger partial charge is 0.481 e. The SMILES string of the molecule is Cc1ccc(CN(C(=O)[C@@H](C)Oc2ccc(Cl)c(C)c2)c2ccccn2)o1. The van der Waals surface area contributed by atoms with Gasteiger partial charge in [0, 0.05) is 11.2 Å². The molecule has 0 radical (unpaired) electrons. The average molecular weight is 385 g/mol. The van der Waals surface area contributed by atoms with Crippen LogP contribution in [0.5, 0.6) is 5.75 Å². The van der Waals surface area contributed by atoms with Crippen molar-refractivity contribution in [2.75, 3.05) is 4.90 Å². The number of halogens is 1. The summed E-state index contributed by atoms with van der Waals surface area (Å²) in [6.07, 6.45) is 0.945. The number of nitrogens with zero attached hydrogens (tertiary/aromatic N) is 2. The highest BCUT2D eigenvalue weighted by Crippen LogP contribution is 2.23. The Kier molecular flexibility index (Phi) is 5.81. The van der Waals surface area contributed by atoms with Crippen molar-refractivity contribution in [1.29, 1.82) is 0 Å². The number of rotatable bonds is 6. The van der Waals surface area contributed by atoms with E-state index in [0.29, 0.717) is 22.4 Å². The molecule has 2 aromatic heterocycles. The van der Waals surface area contributed by atoms with Crippen LogP contribution in [0.25, 0.3) is 0 Å². The first kappa shape index (κ1) is 19.0. The van der Waals surface area contributed by atoms with E-state index < -0.39 is 6.10 Å². The highest BCUT2D eigenvalue weighted by molar-refractivity contribution is 6.31. The van der Waals surface area contributed by atoms with E-state index in [1.54, 1.807) is 42.3 Å². The molecule has 1 amide bonds. The Balaban J connectivity index is 1.81. The fraction of sp³-hybridized carbons (Fsp3) is 0.238. The summed E-state index contributed by atoms with van der Waals surface area (Å²) in [6, 6.07) is 14.5. The Morgan fingerprint density at radius 1 is 1.22 bits per heavy atom. The monoisotopic (exact) mass is 384 g/mol. The van der Waals surface area contributed by atoms with Crippen LogP contribution in [0.4, 0.5) is 5.82 Å². The first-order valence-corrected chi connectivity index (χ1v) is 9.02. The molecule has 140 valence electrons. The van der Waals surface area contributed by atoms with Crippen LogP contribution in [-0.2, 0) is 11.3 Å². The summed E-state index contributed by atoms with van der Waals surface area (Å²) in [6.45, 7) is 5.75.